The van der Waals surface area contributed by atoms with Crippen LogP contribution in [-0.4, -0.2) is 16.4 Å². The van der Waals surface area contributed by atoms with Crippen molar-refractivity contribution in [2.45, 2.75) is 0 Å². The van der Waals surface area contributed by atoms with Crippen molar-refractivity contribution in [1.29, 1.82) is 5.26 Å². The molecular formula is C8H7FN4S. The van der Waals surface area contributed by atoms with Gasteiger partial charge in [0.2, 0.25) is 0 Å². The van der Waals surface area contributed by atoms with Crippen LogP contribution in [0.2, 0.25) is 0 Å². The van der Waals surface area contributed by atoms with Gasteiger partial charge in [0.15, 0.2) is 11.4 Å². The summed E-state index contributed by atoms with van der Waals surface area (Å²) in [7, 11) is 0. The highest BCUT2D eigenvalue weighted by Gasteiger charge is 1.97. The van der Waals surface area contributed by atoms with Crippen LogP contribution in [0.5, 0.6) is 0 Å². The number of hydrogen-bond acceptors (Lipinski definition) is 4. The highest BCUT2D eigenvalue weighted by atomic mass is 32.2. The van der Waals surface area contributed by atoms with Gasteiger partial charge in [-0.3, -0.25) is 10.3 Å². The van der Waals surface area contributed by atoms with Gasteiger partial charge in [-0.1, -0.05) is 11.8 Å². The fourth-order valence-electron chi connectivity index (χ4n) is 0.751. The summed E-state index contributed by atoms with van der Waals surface area (Å²) in [6, 6.07) is 1.24. The molecule has 0 spiro atoms. The number of pyridine rings is 1. The predicted octanol–water partition coefficient (Wildman–Crippen LogP) is 1.64. The molecule has 0 amide bonds. The van der Waals surface area contributed by atoms with Crippen LogP contribution in [-0.2, 0) is 0 Å². The Morgan fingerprint density at radius 3 is 3.07 bits per heavy atom. The van der Waals surface area contributed by atoms with E-state index >= 15 is 0 Å². The second-order valence-corrected chi connectivity index (χ2v) is 3.01. The van der Waals surface area contributed by atoms with Gasteiger partial charge in [0, 0.05) is 6.07 Å². The third-order valence-corrected chi connectivity index (χ3v) is 1.86. The molecule has 0 aromatic carbocycles. The molecule has 0 aliphatic carbocycles. The van der Waals surface area contributed by atoms with E-state index in [1.54, 1.807) is 12.4 Å². The Bertz CT molecular complexity index is 385. The standard InChI is InChI=1S/C8H7FN4S/c1-14-8(12-5-10)13-7-2-6(9)3-11-4-7/h2-4H,1H3,(H,12,13). The van der Waals surface area contributed by atoms with Crippen molar-refractivity contribution < 1.29 is 4.39 Å². The molecule has 0 aliphatic rings. The van der Waals surface area contributed by atoms with E-state index in [4.69, 9.17) is 5.26 Å². The molecule has 1 aromatic heterocycles. The smallest absolute Gasteiger partial charge is 0.183 e. The zero-order valence-electron chi connectivity index (χ0n) is 7.36. The van der Waals surface area contributed by atoms with Gasteiger partial charge in [0.25, 0.3) is 0 Å². The lowest BCUT2D eigenvalue weighted by Crippen LogP contribution is -2.12. The minimum atomic E-state index is -0.455. The minimum Gasteiger partial charge on any atom is -0.271 e. The van der Waals surface area contributed by atoms with Crippen molar-refractivity contribution in [2.75, 3.05) is 6.26 Å². The number of halogens is 1. The molecule has 1 rings (SSSR count). The van der Waals surface area contributed by atoms with E-state index in [2.05, 4.69) is 15.3 Å². The van der Waals surface area contributed by atoms with Crippen LogP contribution >= 0.6 is 11.8 Å². The number of rotatable bonds is 1. The number of hydrogen-bond donors (Lipinski definition) is 1. The van der Waals surface area contributed by atoms with Crippen LogP contribution in [0.25, 0.3) is 0 Å². The van der Waals surface area contributed by atoms with Crippen molar-refractivity contribution in [1.82, 2.24) is 10.3 Å². The lowest BCUT2D eigenvalue weighted by Gasteiger charge is -1.98. The Labute approximate surface area is 84.9 Å². The molecule has 4 nitrogen and oxygen atoms in total. The molecular weight excluding hydrogens is 203 g/mol. The second-order valence-electron chi connectivity index (χ2n) is 2.22. The lowest BCUT2D eigenvalue weighted by atomic mass is 10.4. The molecule has 1 heterocycles. The SMILES string of the molecule is CSC(=Nc1cncc(F)c1)NC#N. The average molecular weight is 210 g/mol. The molecule has 0 aliphatic heterocycles. The topological polar surface area (TPSA) is 61.1 Å². The number of thioether (sulfide) groups is 1. The van der Waals surface area contributed by atoms with Crippen molar-refractivity contribution in [3.63, 3.8) is 0 Å². The molecule has 72 valence electrons. The third-order valence-electron chi connectivity index (χ3n) is 1.28. The second kappa shape index (κ2) is 5.19. The largest absolute Gasteiger partial charge is 0.271 e. The normalized spacial score (nSPS) is 10.8. The number of nitrogens with zero attached hydrogens (tertiary/aromatic N) is 3. The van der Waals surface area contributed by atoms with Crippen molar-refractivity contribution in [3.8, 4) is 6.19 Å². The number of nitrogens with one attached hydrogen (secondary N) is 1. The molecule has 0 bridgehead atoms. The van der Waals surface area contributed by atoms with Crippen LogP contribution in [0, 0.1) is 17.3 Å². The van der Waals surface area contributed by atoms with Crippen LogP contribution in [0.3, 0.4) is 0 Å². The molecule has 0 unspecified atom stereocenters. The Balaban J connectivity index is 2.89. The van der Waals surface area contributed by atoms with E-state index in [9.17, 15) is 4.39 Å². The maximum Gasteiger partial charge on any atom is 0.183 e. The van der Waals surface area contributed by atoms with Gasteiger partial charge in [-0.25, -0.2) is 9.38 Å². The summed E-state index contributed by atoms with van der Waals surface area (Å²) < 4.78 is 12.7. The van der Waals surface area contributed by atoms with Gasteiger partial charge in [-0.2, -0.15) is 5.26 Å². The number of amidine groups is 1. The summed E-state index contributed by atoms with van der Waals surface area (Å²) in [5, 5.41) is 11.1. The number of nitriles is 1. The van der Waals surface area contributed by atoms with Gasteiger partial charge in [-0.15, -0.1) is 0 Å². The highest BCUT2D eigenvalue weighted by molar-refractivity contribution is 8.13. The van der Waals surface area contributed by atoms with Crippen LogP contribution in [0.4, 0.5) is 10.1 Å². The molecule has 0 atom stereocenters. The predicted molar refractivity (Wildman–Crippen MR) is 53.6 cm³/mol. The molecule has 0 saturated heterocycles. The summed E-state index contributed by atoms with van der Waals surface area (Å²) in [4.78, 5) is 7.60. The average Bonchev–Trinajstić information content (AvgIpc) is 2.17. The Morgan fingerprint density at radius 1 is 1.71 bits per heavy atom. The molecule has 14 heavy (non-hydrogen) atoms. The molecule has 1 aromatic rings. The highest BCUT2D eigenvalue weighted by Crippen LogP contribution is 2.12. The summed E-state index contributed by atoms with van der Waals surface area (Å²) in [5.41, 5.74) is 0.372. The van der Waals surface area contributed by atoms with Gasteiger partial charge in [0.1, 0.15) is 5.82 Å². The first-order valence-electron chi connectivity index (χ1n) is 3.64. The third kappa shape index (κ3) is 3.03. The maximum atomic E-state index is 12.7. The van der Waals surface area contributed by atoms with E-state index in [0.717, 1.165) is 6.20 Å². The van der Waals surface area contributed by atoms with Gasteiger partial charge < -0.3 is 0 Å². The van der Waals surface area contributed by atoms with Crippen molar-refractivity contribution in [2.24, 2.45) is 4.99 Å². The number of aromatic nitrogens is 1. The van der Waals surface area contributed by atoms with Crippen LogP contribution in [0.1, 0.15) is 0 Å². The molecule has 1 N–H and O–H groups in total. The molecule has 0 fully saturated rings. The van der Waals surface area contributed by atoms with Crippen LogP contribution < -0.4 is 5.32 Å². The maximum absolute atomic E-state index is 12.7. The first kappa shape index (κ1) is 10.5. The summed E-state index contributed by atoms with van der Waals surface area (Å²) in [6.07, 6.45) is 6.01. The Kier molecular flexibility index (Phi) is 3.88. The first-order valence-corrected chi connectivity index (χ1v) is 4.87. The Morgan fingerprint density at radius 2 is 2.50 bits per heavy atom. The quantitative estimate of drug-likeness (QED) is 0.331. The zero-order valence-corrected chi connectivity index (χ0v) is 8.18. The van der Waals surface area contributed by atoms with Gasteiger partial charge >= 0.3 is 0 Å². The molecule has 0 radical (unpaired) electrons. The lowest BCUT2D eigenvalue weighted by molar-refractivity contribution is 0.622. The van der Waals surface area contributed by atoms with Gasteiger partial charge in [0.05, 0.1) is 18.1 Å². The monoisotopic (exact) mass is 210 g/mol. The number of aliphatic imine (C=N–C) groups is 1. The fourth-order valence-corrected chi connectivity index (χ4v) is 1.10. The fraction of sp³-hybridized carbons (Fsp3) is 0.125. The summed E-state index contributed by atoms with van der Waals surface area (Å²) in [5.74, 6) is -0.455. The van der Waals surface area contributed by atoms with E-state index in [-0.39, 0.29) is 0 Å². The van der Waals surface area contributed by atoms with Gasteiger partial charge in [-0.05, 0) is 6.26 Å². The molecule has 0 saturated carbocycles. The zero-order chi connectivity index (χ0) is 10.4. The van der Waals surface area contributed by atoms with E-state index < -0.39 is 5.82 Å². The van der Waals surface area contributed by atoms with Crippen LogP contribution in [0.15, 0.2) is 23.5 Å². The van der Waals surface area contributed by atoms with E-state index in [1.807, 2.05) is 0 Å². The van der Waals surface area contributed by atoms with E-state index in [0.29, 0.717) is 10.9 Å². The summed E-state index contributed by atoms with van der Waals surface area (Å²) >= 11 is 1.26. The van der Waals surface area contributed by atoms with Crippen molar-refractivity contribution in [3.05, 3.63) is 24.3 Å². The Hall–Kier alpha value is -1.61. The van der Waals surface area contributed by atoms with Crippen molar-refractivity contribution >= 4 is 22.6 Å². The molecule has 6 heteroatoms. The summed E-state index contributed by atoms with van der Waals surface area (Å²) in [6.45, 7) is 0. The first-order chi connectivity index (χ1) is 6.76. The van der Waals surface area contributed by atoms with E-state index in [1.165, 1.54) is 24.0 Å². The minimum absolute atomic E-state index is 0.372.